The largest absolute Gasteiger partial charge is 0.325 e. The van der Waals surface area contributed by atoms with E-state index in [-0.39, 0.29) is 6.29 Å². The fraction of sp³-hybridized carbons (Fsp3) is 1.00. The van der Waals surface area contributed by atoms with Crippen molar-refractivity contribution in [3.63, 3.8) is 0 Å². The first-order chi connectivity index (χ1) is 4.33. The summed E-state index contributed by atoms with van der Waals surface area (Å²) >= 11 is 0. The van der Waals surface area contributed by atoms with Gasteiger partial charge in [-0.2, -0.15) is 0 Å². The molecule has 0 bridgehead atoms. The third-order valence-corrected chi connectivity index (χ3v) is 1.51. The highest BCUT2D eigenvalue weighted by Gasteiger charge is 2.19. The van der Waals surface area contributed by atoms with Crippen molar-refractivity contribution in [2.75, 3.05) is 26.9 Å². The smallest absolute Gasteiger partial charge is 0.175 e. The Morgan fingerprint density at radius 3 is 2.56 bits per heavy atom. The molecule has 0 N–H and O–H groups in total. The molecule has 0 aliphatic carbocycles. The van der Waals surface area contributed by atoms with Crippen LogP contribution in [0.15, 0.2) is 0 Å². The molecular weight excluding hydrogens is 118 g/mol. The molecule has 0 amide bonds. The lowest BCUT2D eigenvalue weighted by Crippen LogP contribution is -2.40. The van der Waals surface area contributed by atoms with Gasteiger partial charge >= 0.3 is 0 Å². The van der Waals surface area contributed by atoms with Crippen molar-refractivity contribution < 1.29 is 9.47 Å². The summed E-state index contributed by atoms with van der Waals surface area (Å²) in [6.45, 7) is 4.51. The molecule has 1 aliphatic heterocycles. The third kappa shape index (κ3) is 1.93. The average molecular weight is 131 g/mol. The number of ether oxygens (including phenoxy) is 2. The fourth-order valence-electron chi connectivity index (χ4n) is 0.653. The maximum Gasteiger partial charge on any atom is 0.175 e. The van der Waals surface area contributed by atoms with Gasteiger partial charge < -0.3 is 14.4 Å². The number of rotatable bonds is 3. The molecule has 1 saturated heterocycles. The summed E-state index contributed by atoms with van der Waals surface area (Å²) < 4.78 is 10.1. The standard InChI is InChI=1S/C6H13NO2/c1-3-7(2)4-6-8-5-9-6/h6H,3-5H2,1-2H3. The van der Waals surface area contributed by atoms with Gasteiger partial charge in [0.05, 0.1) is 0 Å². The first-order valence-corrected chi connectivity index (χ1v) is 3.24. The van der Waals surface area contributed by atoms with Crippen LogP contribution in [0.5, 0.6) is 0 Å². The molecule has 1 heterocycles. The highest BCUT2D eigenvalue weighted by atomic mass is 16.8. The van der Waals surface area contributed by atoms with Gasteiger partial charge in [-0.05, 0) is 13.6 Å². The zero-order valence-corrected chi connectivity index (χ0v) is 5.96. The van der Waals surface area contributed by atoms with E-state index in [0.717, 1.165) is 13.1 Å². The average Bonchev–Trinajstić information content (AvgIpc) is 1.78. The van der Waals surface area contributed by atoms with E-state index < -0.39 is 0 Å². The van der Waals surface area contributed by atoms with Crippen LogP contribution in [0.4, 0.5) is 0 Å². The zero-order chi connectivity index (χ0) is 6.69. The van der Waals surface area contributed by atoms with Gasteiger partial charge in [-0.25, -0.2) is 0 Å². The van der Waals surface area contributed by atoms with Crippen LogP contribution in [0, 0.1) is 0 Å². The van der Waals surface area contributed by atoms with E-state index >= 15 is 0 Å². The molecule has 1 aliphatic rings. The Hall–Kier alpha value is -0.120. The predicted octanol–water partition coefficient (Wildman–Crippen LogP) is 0.268. The Morgan fingerprint density at radius 1 is 1.56 bits per heavy atom. The SMILES string of the molecule is CCN(C)CC1OCO1. The molecule has 0 saturated carbocycles. The molecular formula is C6H13NO2. The summed E-state index contributed by atoms with van der Waals surface area (Å²) in [6.07, 6.45) is 0.0370. The normalized spacial score (nSPS) is 20.3. The van der Waals surface area contributed by atoms with Gasteiger partial charge in [0.2, 0.25) is 0 Å². The van der Waals surface area contributed by atoms with Gasteiger partial charge in [-0.15, -0.1) is 0 Å². The molecule has 0 aromatic rings. The van der Waals surface area contributed by atoms with E-state index in [1.54, 1.807) is 0 Å². The minimum Gasteiger partial charge on any atom is -0.325 e. The Kier molecular flexibility index (Phi) is 2.45. The molecule has 1 rings (SSSR count). The highest BCUT2D eigenvalue weighted by molar-refractivity contribution is 4.54. The number of likely N-dealkylation sites (N-methyl/N-ethyl adjacent to an activating group) is 1. The lowest BCUT2D eigenvalue weighted by molar-refractivity contribution is -0.322. The van der Waals surface area contributed by atoms with Crippen molar-refractivity contribution >= 4 is 0 Å². The quantitative estimate of drug-likeness (QED) is 0.548. The summed E-state index contributed by atoms with van der Waals surface area (Å²) in [6, 6.07) is 0. The van der Waals surface area contributed by atoms with Gasteiger partial charge in [-0.1, -0.05) is 6.92 Å². The monoisotopic (exact) mass is 131 g/mol. The van der Waals surface area contributed by atoms with Crippen LogP contribution in [0.1, 0.15) is 6.92 Å². The minimum atomic E-state index is 0.0370. The van der Waals surface area contributed by atoms with Crippen molar-refractivity contribution in [1.82, 2.24) is 4.90 Å². The first-order valence-electron chi connectivity index (χ1n) is 3.24. The van der Waals surface area contributed by atoms with Crippen molar-refractivity contribution in [2.45, 2.75) is 13.2 Å². The van der Waals surface area contributed by atoms with Crippen molar-refractivity contribution in [2.24, 2.45) is 0 Å². The molecule has 0 atom stereocenters. The summed E-state index contributed by atoms with van der Waals surface area (Å²) in [7, 11) is 2.05. The summed E-state index contributed by atoms with van der Waals surface area (Å²) in [5.41, 5.74) is 0. The molecule has 0 unspecified atom stereocenters. The molecule has 54 valence electrons. The van der Waals surface area contributed by atoms with Gasteiger partial charge in [0.1, 0.15) is 0 Å². The highest BCUT2D eigenvalue weighted by Crippen LogP contribution is 2.06. The molecule has 9 heavy (non-hydrogen) atoms. The number of hydrogen-bond acceptors (Lipinski definition) is 3. The Bertz CT molecular complexity index is 80.4. The molecule has 0 spiro atoms. The molecule has 3 heteroatoms. The number of nitrogens with zero attached hydrogens (tertiary/aromatic N) is 1. The fourth-order valence-corrected chi connectivity index (χ4v) is 0.653. The molecule has 0 aromatic carbocycles. The Balaban J connectivity index is 2.01. The van der Waals surface area contributed by atoms with E-state index in [9.17, 15) is 0 Å². The maximum absolute atomic E-state index is 5.04. The second kappa shape index (κ2) is 3.15. The first kappa shape index (κ1) is 6.99. The van der Waals surface area contributed by atoms with Crippen LogP contribution in [0.3, 0.4) is 0 Å². The second-order valence-electron chi connectivity index (χ2n) is 2.24. The van der Waals surface area contributed by atoms with E-state index in [0.29, 0.717) is 6.79 Å². The summed E-state index contributed by atoms with van der Waals surface area (Å²) in [5.74, 6) is 0. The molecule has 0 radical (unpaired) electrons. The van der Waals surface area contributed by atoms with Gasteiger partial charge in [0.25, 0.3) is 0 Å². The van der Waals surface area contributed by atoms with Gasteiger partial charge in [0.15, 0.2) is 13.1 Å². The zero-order valence-electron chi connectivity index (χ0n) is 5.96. The van der Waals surface area contributed by atoms with Crippen LogP contribution >= 0.6 is 0 Å². The van der Waals surface area contributed by atoms with E-state index in [1.807, 2.05) is 7.05 Å². The lowest BCUT2D eigenvalue weighted by atomic mass is 10.5. The molecule has 1 fully saturated rings. The van der Waals surface area contributed by atoms with Gasteiger partial charge in [-0.3, -0.25) is 0 Å². The molecule has 0 aromatic heterocycles. The van der Waals surface area contributed by atoms with Crippen molar-refractivity contribution in [3.05, 3.63) is 0 Å². The van der Waals surface area contributed by atoms with Crippen LogP contribution in [0.2, 0.25) is 0 Å². The summed E-state index contributed by atoms with van der Waals surface area (Å²) in [5, 5.41) is 0. The Labute approximate surface area is 55.5 Å². The number of hydrogen-bond donors (Lipinski definition) is 0. The molecule has 3 nitrogen and oxygen atoms in total. The van der Waals surface area contributed by atoms with Crippen LogP contribution in [-0.2, 0) is 9.47 Å². The van der Waals surface area contributed by atoms with Crippen LogP contribution < -0.4 is 0 Å². The van der Waals surface area contributed by atoms with E-state index in [1.165, 1.54) is 0 Å². The summed E-state index contributed by atoms with van der Waals surface area (Å²) in [4.78, 5) is 2.16. The second-order valence-corrected chi connectivity index (χ2v) is 2.24. The van der Waals surface area contributed by atoms with Crippen molar-refractivity contribution in [3.8, 4) is 0 Å². The Morgan fingerprint density at radius 2 is 2.22 bits per heavy atom. The minimum absolute atomic E-state index is 0.0370. The van der Waals surface area contributed by atoms with Crippen molar-refractivity contribution in [1.29, 1.82) is 0 Å². The van der Waals surface area contributed by atoms with E-state index in [2.05, 4.69) is 11.8 Å². The lowest BCUT2D eigenvalue weighted by Gasteiger charge is -2.29. The van der Waals surface area contributed by atoms with Crippen LogP contribution in [-0.4, -0.2) is 38.1 Å². The van der Waals surface area contributed by atoms with E-state index in [4.69, 9.17) is 9.47 Å². The maximum atomic E-state index is 5.04. The topological polar surface area (TPSA) is 21.7 Å². The van der Waals surface area contributed by atoms with Crippen LogP contribution in [0.25, 0.3) is 0 Å². The predicted molar refractivity (Wildman–Crippen MR) is 34.0 cm³/mol. The van der Waals surface area contributed by atoms with Gasteiger partial charge in [0, 0.05) is 6.54 Å². The third-order valence-electron chi connectivity index (χ3n) is 1.51.